The molecule has 0 spiro atoms. The van der Waals surface area contributed by atoms with E-state index >= 15 is 0 Å². The summed E-state index contributed by atoms with van der Waals surface area (Å²) in [7, 11) is -1.84. The van der Waals surface area contributed by atoms with Crippen molar-refractivity contribution >= 4 is 15.9 Å². The monoisotopic (exact) mass is 459 g/mol. The minimum absolute atomic E-state index is 0.0592. The fourth-order valence-electron chi connectivity index (χ4n) is 3.81. The van der Waals surface area contributed by atoms with Gasteiger partial charge in [-0.15, -0.1) is 0 Å². The van der Waals surface area contributed by atoms with Gasteiger partial charge in [0.15, 0.2) is 0 Å². The first-order valence-electron chi connectivity index (χ1n) is 11.5. The van der Waals surface area contributed by atoms with E-state index in [-0.39, 0.29) is 34.8 Å². The minimum Gasteiger partial charge on any atom is -0.353 e. The predicted octanol–water partition coefficient (Wildman–Crippen LogP) is 4.30. The van der Waals surface area contributed by atoms with E-state index in [0.717, 1.165) is 24.1 Å². The molecular formula is C25H37N3O3S. The first kappa shape index (κ1) is 24.5. The summed E-state index contributed by atoms with van der Waals surface area (Å²) in [6.45, 7) is 10.5. The van der Waals surface area contributed by atoms with Crippen LogP contribution in [0.5, 0.6) is 0 Å². The van der Waals surface area contributed by atoms with Gasteiger partial charge < -0.3 is 9.47 Å². The zero-order valence-corrected chi connectivity index (χ0v) is 21.0. The quantitative estimate of drug-likeness (QED) is 0.562. The summed E-state index contributed by atoms with van der Waals surface area (Å²) in [5, 5.41) is 0. The summed E-state index contributed by atoms with van der Waals surface area (Å²) in [5.41, 5.74) is 2.06. The second-order valence-corrected chi connectivity index (χ2v) is 11.8. The van der Waals surface area contributed by atoms with E-state index in [1.54, 1.807) is 12.1 Å². The lowest BCUT2D eigenvalue weighted by Gasteiger charge is -2.31. The van der Waals surface area contributed by atoms with Crippen LogP contribution in [0.25, 0.3) is 0 Å². The Morgan fingerprint density at radius 2 is 1.78 bits per heavy atom. The van der Waals surface area contributed by atoms with Gasteiger partial charge in [-0.1, -0.05) is 39.8 Å². The van der Waals surface area contributed by atoms with Gasteiger partial charge in [0.2, 0.25) is 15.9 Å². The number of benzene rings is 1. The Hall–Kier alpha value is -2.12. The molecule has 32 heavy (non-hydrogen) atoms. The standard InChI is InChI=1S/C25H37N3O3S/c1-7-19(2)28(32(30,31)23-14-10-20(11-15-23)25(3,4)5)18-24(29)27(21-12-13-21)17-22-9-8-16-26(22)6/h8-11,14-16,19,21H,7,12-13,17-18H2,1-6H3. The molecule has 0 bridgehead atoms. The fraction of sp³-hybridized carbons (Fsp3) is 0.560. The van der Waals surface area contributed by atoms with Crippen LogP contribution in [0.2, 0.25) is 0 Å². The van der Waals surface area contributed by atoms with Crippen molar-refractivity contribution in [2.24, 2.45) is 7.05 Å². The van der Waals surface area contributed by atoms with Crippen molar-refractivity contribution in [3.63, 3.8) is 0 Å². The summed E-state index contributed by atoms with van der Waals surface area (Å²) in [6.07, 6.45) is 4.54. The number of amides is 1. The molecular weight excluding hydrogens is 422 g/mol. The SMILES string of the molecule is CCC(C)N(CC(=O)N(Cc1cccn1C)C1CC1)S(=O)(=O)c1ccc(C(C)(C)C)cc1. The summed E-state index contributed by atoms with van der Waals surface area (Å²) in [6, 6.07) is 11.0. The van der Waals surface area contributed by atoms with Crippen LogP contribution in [0.15, 0.2) is 47.5 Å². The fourth-order valence-corrected chi connectivity index (χ4v) is 5.46. The third kappa shape index (κ3) is 5.44. The third-order valence-electron chi connectivity index (χ3n) is 6.39. The van der Waals surface area contributed by atoms with Gasteiger partial charge >= 0.3 is 0 Å². The van der Waals surface area contributed by atoms with E-state index in [4.69, 9.17) is 0 Å². The maximum Gasteiger partial charge on any atom is 0.243 e. The van der Waals surface area contributed by atoms with Crippen LogP contribution < -0.4 is 0 Å². The summed E-state index contributed by atoms with van der Waals surface area (Å²) in [4.78, 5) is 15.5. The van der Waals surface area contributed by atoms with Crippen molar-refractivity contribution < 1.29 is 13.2 Å². The number of aryl methyl sites for hydroxylation is 1. The molecule has 3 rings (SSSR count). The average Bonchev–Trinajstić information content (AvgIpc) is 3.50. The van der Waals surface area contributed by atoms with Crippen LogP contribution in [0.3, 0.4) is 0 Å². The Balaban J connectivity index is 1.85. The molecule has 2 aromatic rings. The molecule has 6 nitrogen and oxygen atoms in total. The third-order valence-corrected chi connectivity index (χ3v) is 8.37. The number of hydrogen-bond donors (Lipinski definition) is 0. The van der Waals surface area contributed by atoms with Crippen molar-refractivity contribution in [2.75, 3.05) is 6.54 Å². The number of hydrogen-bond acceptors (Lipinski definition) is 3. The molecule has 7 heteroatoms. The first-order valence-corrected chi connectivity index (χ1v) is 12.9. The molecule has 1 fully saturated rings. The Morgan fingerprint density at radius 1 is 1.16 bits per heavy atom. The molecule has 1 amide bonds. The molecule has 0 radical (unpaired) electrons. The van der Waals surface area contributed by atoms with E-state index in [0.29, 0.717) is 13.0 Å². The van der Waals surface area contributed by atoms with Crippen molar-refractivity contribution in [1.82, 2.24) is 13.8 Å². The number of carbonyl (C=O) groups excluding carboxylic acids is 1. The zero-order chi connectivity index (χ0) is 23.7. The molecule has 0 aliphatic heterocycles. The predicted molar refractivity (Wildman–Crippen MR) is 128 cm³/mol. The van der Waals surface area contributed by atoms with Gasteiger partial charge in [-0.3, -0.25) is 4.79 Å². The normalized spacial score (nSPS) is 15.7. The van der Waals surface area contributed by atoms with E-state index in [1.165, 1.54) is 4.31 Å². The lowest BCUT2D eigenvalue weighted by atomic mass is 9.87. The number of rotatable bonds is 9. The molecule has 1 saturated carbocycles. The number of nitrogens with zero attached hydrogens (tertiary/aromatic N) is 3. The molecule has 1 heterocycles. The van der Waals surface area contributed by atoms with Crippen LogP contribution in [-0.4, -0.2) is 46.7 Å². The summed E-state index contributed by atoms with van der Waals surface area (Å²) < 4.78 is 30.5. The Morgan fingerprint density at radius 3 is 2.25 bits per heavy atom. The summed E-state index contributed by atoms with van der Waals surface area (Å²) in [5.74, 6) is -0.135. The Kier molecular flexibility index (Phi) is 7.20. The van der Waals surface area contributed by atoms with Gasteiger partial charge in [-0.05, 0) is 61.4 Å². The van der Waals surface area contributed by atoms with Crippen molar-refractivity contribution in [3.05, 3.63) is 53.9 Å². The second-order valence-electron chi connectivity index (χ2n) is 9.95. The van der Waals surface area contributed by atoms with Gasteiger partial charge in [0.05, 0.1) is 18.0 Å². The maximum atomic E-state index is 13.6. The van der Waals surface area contributed by atoms with Crippen LogP contribution in [-0.2, 0) is 33.8 Å². The number of aromatic nitrogens is 1. The molecule has 1 aliphatic carbocycles. The van der Waals surface area contributed by atoms with Gasteiger partial charge in [-0.25, -0.2) is 8.42 Å². The average molecular weight is 460 g/mol. The van der Waals surface area contributed by atoms with E-state index in [9.17, 15) is 13.2 Å². The van der Waals surface area contributed by atoms with Crippen molar-refractivity contribution in [1.29, 1.82) is 0 Å². The molecule has 0 saturated heterocycles. The largest absolute Gasteiger partial charge is 0.353 e. The van der Waals surface area contributed by atoms with Crippen LogP contribution >= 0.6 is 0 Å². The van der Waals surface area contributed by atoms with Gasteiger partial charge in [-0.2, -0.15) is 4.31 Å². The number of carbonyl (C=O) groups is 1. The highest BCUT2D eigenvalue weighted by Crippen LogP contribution is 2.30. The highest BCUT2D eigenvalue weighted by molar-refractivity contribution is 7.89. The van der Waals surface area contributed by atoms with Crippen LogP contribution in [0.1, 0.15) is 65.1 Å². The Labute approximate surface area is 193 Å². The molecule has 1 atom stereocenters. The minimum atomic E-state index is -3.80. The van der Waals surface area contributed by atoms with Crippen LogP contribution in [0.4, 0.5) is 0 Å². The first-order chi connectivity index (χ1) is 14.9. The smallest absolute Gasteiger partial charge is 0.243 e. The van der Waals surface area contributed by atoms with Crippen LogP contribution in [0, 0.1) is 0 Å². The highest BCUT2D eigenvalue weighted by Gasteiger charge is 2.37. The van der Waals surface area contributed by atoms with E-state index < -0.39 is 10.0 Å². The summed E-state index contributed by atoms with van der Waals surface area (Å²) >= 11 is 0. The van der Waals surface area contributed by atoms with Gasteiger partial charge in [0.1, 0.15) is 0 Å². The van der Waals surface area contributed by atoms with Gasteiger partial charge in [0.25, 0.3) is 0 Å². The molecule has 176 valence electrons. The molecule has 1 unspecified atom stereocenters. The molecule has 0 N–H and O–H groups in total. The van der Waals surface area contributed by atoms with E-state index in [1.807, 2.05) is 60.8 Å². The molecule has 1 aromatic heterocycles. The molecule has 1 aliphatic rings. The van der Waals surface area contributed by atoms with Crippen molar-refractivity contribution in [3.8, 4) is 0 Å². The number of sulfonamides is 1. The van der Waals surface area contributed by atoms with Crippen molar-refractivity contribution in [2.45, 2.75) is 82.8 Å². The zero-order valence-electron chi connectivity index (χ0n) is 20.2. The Bertz CT molecular complexity index is 1030. The topological polar surface area (TPSA) is 62.6 Å². The molecule has 1 aromatic carbocycles. The van der Waals surface area contributed by atoms with Gasteiger partial charge in [0, 0.05) is 31.0 Å². The lowest BCUT2D eigenvalue weighted by molar-refractivity contribution is -0.133. The second kappa shape index (κ2) is 9.40. The highest BCUT2D eigenvalue weighted by atomic mass is 32.2. The lowest BCUT2D eigenvalue weighted by Crippen LogP contribution is -2.47. The van der Waals surface area contributed by atoms with E-state index in [2.05, 4.69) is 20.8 Å². The maximum absolute atomic E-state index is 13.6.